The minimum atomic E-state index is -2.94. The van der Waals surface area contributed by atoms with Gasteiger partial charge >= 0.3 is 0 Å². The standard InChI is InChI=1S/C9H21NO2S/c1-4-5-6-7-13(11,12)8-9(2,3)10/h4-8,10H2,1-3H3. The maximum atomic E-state index is 11.4. The van der Waals surface area contributed by atoms with E-state index in [0.29, 0.717) is 0 Å². The predicted octanol–water partition coefficient (Wildman–Crippen LogP) is 1.33. The Kier molecular flexibility index (Phi) is 4.92. The first-order valence-electron chi connectivity index (χ1n) is 4.76. The highest BCUT2D eigenvalue weighted by Crippen LogP contribution is 2.06. The number of nitrogens with two attached hydrogens (primary N) is 1. The van der Waals surface area contributed by atoms with Crippen molar-refractivity contribution in [1.29, 1.82) is 0 Å². The Bertz CT molecular complexity index is 226. The molecule has 13 heavy (non-hydrogen) atoms. The lowest BCUT2D eigenvalue weighted by Crippen LogP contribution is -2.40. The molecular formula is C9H21NO2S. The fraction of sp³-hybridized carbons (Fsp3) is 1.00. The molecule has 0 rings (SSSR count). The third kappa shape index (κ3) is 8.25. The lowest BCUT2D eigenvalue weighted by molar-refractivity contribution is 0.542. The van der Waals surface area contributed by atoms with E-state index in [1.807, 2.05) is 0 Å². The van der Waals surface area contributed by atoms with Crippen molar-refractivity contribution in [2.75, 3.05) is 11.5 Å². The highest BCUT2D eigenvalue weighted by Gasteiger charge is 2.21. The molecule has 0 aliphatic rings. The molecular weight excluding hydrogens is 186 g/mol. The molecule has 0 saturated heterocycles. The first kappa shape index (κ1) is 12.9. The molecule has 0 aromatic rings. The number of hydrogen-bond donors (Lipinski definition) is 1. The highest BCUT2D eigenvalue weighted by atomic mass is 32.2. The van der Waals surface area contributed by atoms with Gasteiger partial charge in [0.2, 0.25) is 0 Å². The maximum Gasteiger partial charge on any atom is 0.152 e. The van der Waals surface area contributed by atoms with E-state index in [-0.39, 0.29) is 11.5 Å². The van der Waals surface area contributed by atoms with Crippen LogP contribution in [0.25, 0.3) is 0 Å². The number of sulfone groups is 1. The van der Waals surface area contributed by atoms with Crippen LogP contribution in [0.15, 0.2) is 0 Å². The smallest absolute Gasteiger partial charge is 0.152 e. The number of unbranched alkanes of at least 4 members (excludes halogenated alkanes) is 2. The van der Waals surface area contributed by atoms with Crippen LogP contribution in [0.2, 0.25) is 0 Å². The van der Waals surface area contributed by atoms with Gasteiger partial charge in [0.05, 0.1) is 11.5 Å². The molecule has 80 valence electrons. The van der Waals surface area contributed by atoms with Gasteiger partial charge in [-0.3, -0.25) is 0 Å². The summed E-state index contributed by atoms with van der Waals surface area (Å²) in [6.07, 6.45) is 2.78. The number of rotatable bonds is 6. The fourth-order valence-corrected chi connectivity index (χ4v) is 3.13. The third-order valence-corrected chi connectivity index (χ3v) is 3.75. The van der Waals surface area contributed by atoms with Crippen molar-refractivity contribution < 1.29 is 8.42 Å². The van der Waals surface area contributed by atoms with E-state index in [4.69, 9.17) is 5.73 Å². The largest absolute Gasteiger partial charge is 0.325 e. The van der Waals surface area contributed by atoms with Crippen LogP contribution in [0, 0.1) is 0 Å². The van der Waals surface area contributed by atoms with Gasteiger partial charge in [-0.15, -0.1) is 0 Å². The van der Waals surface area contributed by atoms with E-state index >= 15 is 0 Å². The molecule has 0 spiro atoms. The Hall–Kier alpha value is -0.0900. The SMILES string of the molecule is CCCCCS(=O)(=O)CC(C)(C)N. The van der Waals surface area contributed by atoms with Gasteiger partial charge in [0.1, 0.15) is 0 Å². The summed E-state index contributed by atoms with van der Waals surface area (Å²) in [6, 6.07) is 0. The fourth-order valence-electron chi connectivity index (χ4n) is 1.21. The second-order valence-corrected chi connectivity index (χ2v) is 6.47. The van der Waals surface area contributed by atoms with Gasteiger partial charge in [0.25, 0.3) is 0 Å². The Morgan fingerprint density at radius 2 is 1.77 bits per heavy atom. The molecule has 0 aliphatic heterocycles. The summed E-state index contributed by atoms with van der Waals surface area (Å²) in [5.74, 6) is 0.366. The molecule has 0 radical (unpaired) electrons. The van der Waals surface area contributed by atoms with E-state index in [1.165, 1.54) is 0 Å². The number of hydrogen-bond acceptors (Lipinski definition) is 3. The Labute approximate surface area is 81.6 Å². The molecule has 0 fully saturated rings. The van der Waals surface area contributed by atoms with Gasteiger partial charge in [-0.2, -0.15) is 0 Å². The van der Waals surface area contributed by atoms with Crippen LogP contribution >= 0.6 is 0 Å². The van der Waals surface area contributed by atoms with Crippen molar-refractivity contribution in [2.45, 2.75) is 45.6 Å². The maximum absolute atomic E-state index is 11.4. The van der Waals surface area contributed by atoms with Crippen molar-refractivity contribution in [3.63, 3.8) is 0 Å². The van der Waals surface area contributed by atoms with Gasteiger partial charge in [-0.1, -0.05) is 19.8 Å². The second-order valence-electron chi connectivity index (χ2n) is 4.29. The molecule has 3 nitrogen and oxygen atoms in total. The van der Waals surface area contributed by atoms with Crippen LogP contribution in [0.1, 0.15) is 40.0 Å². The van der Waals surface area contributed by atoms with E-state index < -0.39 is 15.4 Å². The molecule has 0 saturated carbocycles. The van der Waals surface area contributed by atoms with Gasteiger partial charge in [-0.25, -0.2) is 8.42 Å². The molecule has 0 atom stereocenters. The zero-order valence-corrected chi connectivity index (χ0v) is 9.65. The third-order valence-electron chi connectivity index (χ3n) is 1.65. The summed E-state index contributed by atoms with van der Waals surface area (Å²) in [5.41, 5.74) is 5.04. The topological polar surface area (TPSA) is 60.2 Å². The predicted molar refractivity (Wildman–Crippen MR) is 56.4 cm³/mol. The molecule has 0 aliphatic carbocycles. The summed E-state index contributed by atoms with van der Waals surface area (Å²) in [6.45, 7) is 5.54. The summed E-state index contributed by atoms with van der Waals surface area (Å²) >= 11 is 0. The van der Waals surface area contributed by atoms with Gasteiger partial charge in [0.15, 0.2) is 9.84 Å². The van der Waals surface area contributed by atoms with Crippen LogP contribution in [-0.2, 0) is 9.84 Å². The summed E-state index contributed by atoms with van der Waals surface area (Å²) < 4.78 is 22.9. The average molecular weight is 207 g/mol. The van der Waals surface area contributed by atoms with Crippen LogP contribution in [-0.4, -0.2) is 25.5 Å². The normalized spacial score (nSPS) is 13.2. The van der Waals surface area contributed by atoms with Crippen LogP contribution in [0.5, 0.6) is 0 Å². The zero-order chi connectivity index (χ0) is 10.5. The first-order chi connectivity index (χ1) is 5.77. The minimum absolute atomic E-state index is 0.0870. The van der Waals surface area contributed by atoms with E-state index in [1.54, 1.807) is 13.8 Å². The molecule has 0 aromatic heterocycles. The lowest BCUT2D eigenvalue weighted by Gasteiger charge is -2.17. The summed E-state index contributed by atoms with van der Waals surface area (Å²) in [7, 11) is -2.94. The van der Waals surface area contributed by atoms with Crippen molar-refractivity contribution >= 4 is 9.84 Å². The molecule has 0 amide bonds. The van der Waals surface area contributed by atoms with Crippen LogP contribution in [0.3, 0.4) is 0 Å². The Morgan fingerprint density at radius 1 is 1.23 bits per heavy atom. The second kappa shape index (κ2) is 4.96. The molecule has 4 heteroatoms. The summed E-state index contributed by atoms with van der Waals surface area (Å²) in [4.78, 5) is 0. The van der Waals surface area contributed by atoms with E-state index in [0.717, 1.165) is 19.3 Å². The van der Waals surface area contributed by atoms with Crippen molar-refractivity contribution in [3.05, 3.63) is 0 Å². The molecule has 0 bridgehead atoms. The van der Waals surface area contributed by atoms with Crippen LogP contribution in [0.4, 0.5) is 0 Å². The molecule has 2 N–H and O–H groups in total. The summed E-state index contributed by atoms with van der Waals surface area (Å²) in [5, 5.41) is 0. The average Bonchev–Trinajstić information content (AvgIpc) is 1.81. The monoisotopic (exact) mass is 207 g/mol. The Balaban J connectivity index is 3.96. The van der Waals surface area contributed by atoms with Crippen LogP contribution < -0.4 is 5.73 Å². The quantitative estimate of drug-likeness (QED) is 0.668. The van der Waals surface area contributed by atoms with Crippen molar-refractivity contribution in [2.24, 2.45) is 5.73 Å². The lowest BCUT2D eigenvalue weighted by atomic mass is 10.1. The Morgan fingerprint density at radius 3 is 2.15 bits per heavy atom. The minimum Gasteiger partial charge on any atom is -0.325 e. The molecule has 0 aromatic carbocycles. The highest BCUT2D eigenvalue weighted by molar-refractivity contribution is 7.91. The molecule has 0 unspecified atom stereocenters. The first-order valence-corrected chi connectivity index (χ1v) is 6.58. The van der Waals surface area contributed by atoms with Gasteiger partial charge < -0.3 is 5.73 Å². The van der Waals surface area contributed by atoms with Gasteiger partial charge in [-0.05, 0) is 20.3 Å². The zero-order valence-electron chi connectivity index (χ0n) is 8.84. The van der Waals surface area contributed by atoms with E-state index in [9.17, 15) is 8.42 Å². The van der Waals surface area contributed by atoms with E-state index in [2.05, 4.69) is 6.92 Å². The van der Waals surface area contributed by atoms with Crippen molar-refractivity contribution in [1.82, 2.24) is 0 Å². The van der Waals surface area contributed by atoms with Gasteiger partial charge in [0, 0.05) is 5.54 Å². The molecule has 0 heterocycles. The van der Waals surface area contributed by atoms with Crippen molar-refractivity contribution in [3.8, 4) is 0 Å².